The number of ether oxygens (including phenoxy) is 1. The van der Waals surface area contributed by atoms with Crippen molar-refractivity contribution in [1.29, 1.82) is 0 Å². The van der Waals surface area contributed by atoms with Gasteiger partial charge in [0.1, 0.15) is 0 Å². The van der Waals surface area contributed by atoms with E-state index in [0.29, 0.717) is 11.6 Å². The molecule has 0 unspecified atom stereocenters. The quantitative estimate of drug-likeness (QED) is 0.794. The van der Waals surface area contributed by atoms with Crippen LogP contribution < -0.4 is 4.90 Å². The van der Waals surface area contributed by atoms with Crippen LogP contribution in [0.3, 0.4) is 0 Å². The molecule has 1 aromatic carbocycles. The largest absolute Gasteiger partial charge is 0.465 e. The second kappa shape index (κ2) is 4.72. The molecule has 0 N–H and O–H groups in total. The third kappa shape index (κ3) is 1.89. The lowest BCUT2D eigenvalue weighted by molar-refractivity contribution is 0.0603. The summed E-state index contributed by atoms with van der Waals surface area (Å²) in [5, 5.41) is 0.878. The summed E-state index contributed by atoms with van der Waals surface area (Å²) < 4.78 is 4.87. The highest BCUT2D eigenvalue weighted by atomic mass is 16.5. The second-order valence-corrected chi connectivity index (χ2v) is 5.96. The van der Waals surface area contributed by atoms with Gasteiger partial charge < -0.3 is 9.64 Å². The number of carbonyl (C=O) groups is 1. The van der Waals surface area contributed by atoms with Gasteiger partial charge in [-0.05, 0) is 43.0 Å². The van der Waals surface area contributed by atoms with Crippen molar-refractivity contribution in [3.05, 3.63) is 36.0 Å². The van der Waals surface area contributed by atoms with Crippen molar-refractivity contribution in [1.82, 2.24) is 4.98 Å². The van der Waals surface area contributed by atoms with Gasteiger partial charge in [0.25, 0.3) is 0 Å². The summed E-state index contributed by atoms with van der Waals surface area (Å²) >= 11 is 0. The molecule has 2 atom stereocenters. The van der Waals surface area contributed by atoms with Crippen LogP contribution in [0, 0.1) is 5.92 Å². The molecule has 1 saturated heterocycles. The number of hydrogen-bond acceptors (Lipinski definition) is 4. The molecule has 0 radical (unpaired) electrons. The molecule has 1 aliphatic heterocycles. The Morgan fingerprint density at radius 3 is 3.05 bits per heavy atom. The summed E-state index contributed by atoms with van der Waals surface area (Å²) in [6.07, 6.45) is 5.66. The van der Waals surface area contributed by atoms with Crippen molar-refractivity contribution >= 4 is 22.6 Å². The summed E-state index contributed by atoms with van der Waals surface area (Å²) in [7, 11) is 1.41. The number of rotatable bonds is 2. The molecule has 0 amide bonds. The van der Waals surface area contributed by atoms with E-state index in [1.165, 1.54) is 32.1 Å². The normalized spacial score (nSPS) is 23.8. The zero-order valence-electron chi connectivity index (χ0n) is 12.1. The number of carbonyl (C=O) groups excluding carboxylic acids is 1. The summed E-state index contributed by atoms with van der Waals surface area (Å²) in [6.45, 7) is 1.14. The molecule has 1 saturated carbocycles. The Kier molecular flexibility index (Phi) is 2.84. The maximum atomic E-state index is 11.9. The van der Waals surface area contributed by atoms with Crippen LogP contribution in [0.5, 0.6) is 0 Å². The number of methoxy groups -OCH3 is 1. The Labute approximate surface area is 123 Å². The third-order valence-electron chi connectivity index (χ3n) is 4.91. The molecule has 2 aromatic rings. The highest BCUT2D eigenvalue weighted by molar-refractivity contribution is 6.04. The molecule has 4 heteroatoms. The van der Waals surface area contributed by atoms with E-state index in [4.69, 9.17) is 4.74 Å². The SMILES string of the molecule is COC(=O)c1ccnc2ccc(N3C[C@H]4CCC[C@H]43)cc12. The van der Waals surface area contributed by atoms with Crippen LogP contribution in [0.1, 0.15) is 29.6 Å². The van der Waals surface area contributed by atoms with Crippen LogP contribution in [0.25, 0.3) is 10.9 Å². The molecule has 1 aromatic heterocycles. The average molecular weight is 282 g/mol. The summed E-state index contributed by atoms with van der Waals surface area (Å²) in [6, 6.07) is 8.63. The zero-order valence-corrected chi connectivity index (χ0v) is 12.1. The fraction of sp³-hybridized carbons (Fsp3) is 0.412. The molecule has 4 rings (SSSR count). The summed E-state index contributed by atoms with van der Waals surface area (Å²) in [4.78, 5) is 18.7. The Balaban J connectivity index is 1.76. The predicted molar refractivity (Wildman–Crippen MR) is 81.6 cm³/mol. The van der Waals surface area contributed by atoms with Crippen LogP contribution in [-0.2, 0) is 4.74 Å². The Hall–Kier alpha value is -2.10. The third-order valence-corrected chi connectivity index (χ3v) is 4.91. The number of benzene rings is 1. The fourth-order valence-electron chi connectivity index (χ4n) is 3.79. The van der Waals surface area contributed by atoms with E-state index in [0.717, 1.165) is 23.4 Å². The van der Waals surface area contributed by atoms with Gasteiger partial charge in [0.05, 0.1) is 18.2 Å². The molecule has 2 heterocycles. The Morgan fingerprint density at radius 1 is 1.33 bits per heavy atom. The second-order valence-electron chi connectivity index (χ2n) is 5.96. The van der Waals surface area contributed by atoms with Crippen molar-refractivity contribution in [2.24, 2.45) is 5.92 Å². The first-order valence-corrected chi connectivity index (χ1v) is 7.51. The van der Waals surface area contributed by atoms with Gasteiger partial charge in [-0.1, -0.05) is 6.42 Å². The maximum absolute atomic E-state index is 11.9. The lowest BCUT2D eigenvalue weighted by atomic mass is 9.91. The lowest BCUT2D eigenvalue weighted by Gasteiger charge is -2.46. The van der Waals surface area contributed by atoms with Gasteiger partial charge in [0.15, 0.2) is 0 Å². The predicted octanol–water partition coefficient (Wildman–Crippen LogP) is 3.01. The molecule has 0 spiro atoms. The van der Waals surface area contributed by atoms with E-state index in [1.54, 1.807) is 12.3 Å². The fourth-order valence-corrected chi connectivity index (χ4v) is 3.79. The Bertz CT molecular complexity index is 713. The van der Waals surface area contributed by atoms with Crippen LogP contribution >= 0.6 is 0 Å². The number of anilines is 1. The van der Waals surface area contributed by atoms with E-state index in [9.17, 15) is 4.79 Å². The zero-order chi connectivity index (χ0) is 14.4. The van der Waals surface area contributed by atoms with Gasteiger partial charge in [-0.15, -0.1) is 0 Å². The number of hydrogen-bond donors (Lipinski definition) is 0. The molecule has 108 valence electrons. The van der Waals surface area contributed by atoms with Crippen molar-refractivity contribution in [3.63, 3.8) is 0 Å². The standard InChI is InChI=1S/C17H18N2O2/c1-21-17(20)13-7-8-18-15-6-5-12(9-14(13)15)19-10-11-3-2-4-16(11)19/h5-9,11,16H,2-4,10H2,1H3/t11-,16-/m1/s1. The van der Waals surface area contributed by atoms with E-state index in [-0.39, 0.29) is 5.97 Å². The molecule has 0 bridgehead atoms. The van der Waals surface area contributed by atoms with Crippen molar-refractivity contribution < 1.29 is 9.53 Å². The Morgan fingerprint density at radius 2 is 2.24 bits per heavy atom. The number of fused-ring (bicyclic) bond motifs is 2. The number of esters is 1. The smallest absolute Gasteiger partial charge is 0.338 e. The number of pyridine rings is 1. The minimum Gasteiger partial charge on any atom is -0.465 e. The maximum Gasteiger partial charge on any atom is 0.338 e. The first-order valence-electron chi connectivity index (χ1n) is 7.51. The van der Waals surface area contributed by atoms with E-state index >= 15 is 0 Å². The van der Waals surface area contributed by atoms with E-state index in [2.05, 4.69) is 22.0 Å². The molecule has 2 aliphatic rings. The molecular weight excluding hydrogens is 264 g/mol. The summed E-state index contributed by atoms with van der Waals surface area (Å²) in [5.74, 6) is 0.566. The first kappa shape index (κ1) is 12.6. The van der Waals surface area contributed by atoms with Crippen LogP contribution in [0.15, 0.2) is 30.5 Å². The van der Waals surface area contributed by atoms with Gasteiger partial charge in [0, 0.05) is 29.9 Å². The van der Waals surface area contributed by atoms with Crippen LogP contribution in [-0.4, -0.2) is 30.6 Å². The van der Waals surface area contributed by atoms with Crippen molar-refractivity contribution in [2.75, 3.05) is 18.6 Å². The molecule has 2 fully saturated rings. The lowest BCUT2D eigenvalue weighted by Crippen LogP contribution is -2.53. The minimum absolute atomic E-state index is 0.304. The monoisotopic (exact) mass is 282 g/mol. The minimum atomic E-state index is -0.304. The molecule has 21 heavy (non-hydrogen) atoms. The highest BCUT2D eigenvalue weighted by Gasteiger charge is 2.41. The van der Waals surface area contributed by atoms with E-state index < -0.39 is 0 Å². The van der Waals surface area contributed by atoms with Gasteiger partial charge >= 0.3 is 5.97 Å². The number of nitrogens with zero attached hydrogens (tertiary/aromatic N) is 2. The topological polar surface area (TPSA) is 42.4 Å². The summed E-state index contributed by atoms with van der Waals surface area (Å²) in [5.41, 5.74) is 2.63. The molecule has 1 aliphatic carbocycles. The van der Waals surface area contributed by atoms with Crippen molar-refractivity contribution in [3.8, 4) is 0 Å². The van der Waals surface area contributed by atoms with E-state index in [1.807, 2.05) is 6.07 Å². The van der Waals surface area contributed by atoms with Gasteiger partial charge in [0.2, 0.25) is 0 Å². The van der Waals surface area contributed by atoms with Crippen LogP contribution in [0.2, 0.25) is 0 Å². The first-order chi connectivity index (χ1) is 10.3. The van der Waals surface area contributed by atoms with Crippen LogP contribution in [0.4, 0.5) is 5.69 Å². The number of aromatic nitrogens is 1. The van der Waals surface area contributed by atoms with Crippen molar-refractivity contribution in [2.45, 2.75) is 25.3 Å². The van der Waals surface area contributed by atoms with Gasteiger partial charge in [-0.2, -0.15) is 0 Å². The highest BCUT2D eigenvalue weighted by Crippen LogP contribution is 2.42. The average Bonchev–Trinajstić information content (AvgIpc) is 2.87. The van der Waals surface area contributed by atoms with Gasteiger partial charge in [-0.3, -0.25) is 4.98 Å². The molecule has 4 nitrogen and oxygen atoms in total. The van der Waals surface area contributed by atoms with Gasteiger partial charge in [-0.25, -0.2) is 4.79 Å². The molecular formula is C17H18N2O2.